The third-order valence-corrected chi connectivity index (χ3v) is 3.16. The number of sulfone groups is 1. The molecule has 2 atom stereocenters. The molecule has 0 saturated heterocycles. The second-order valence-electron chi connectivity index (χ2n) is 3.90. The quantitative estimate of drug-likeness (QED) is 0.831. The summed E-state index contributed by atoms with van der Waals surface area (Å²) < 4.78 is 27.3. The van der Waals surface area contributed by atoms with Crippen molar-refractivity contribution in [3.63, 3.8) is 0 Å². The Bertz CT molecular complexity index is 383. The van der Waals surface area contributed by atoms with Gasteiger partial charge in [0.2, 0.25) is 0 Å². The van der Waals surface area contributed by atoms with E-state index in [1.54, 1.807) is 6.26 Å². The number of rotatable bonds is 5. The first-order valence-electron chi connectivity index (χ1n) is 4.85. The maximum atomic E-state index is 11.0. The van der Waals surface area contributed by atoms with Gasteiger partial charge >= 0.3 is 0 Å². The molecule has 4 nitrogen and oxygen atoms in total. The monoisotopic (exact) mass is 231 g/mol. The van der Waals surface area contributed by atoms with E-state index in [9.17, 15) is 8.42 Å². The van der Waals surface area contributed by atoms with Gasteiger partial charge in [-0.2, -0.15) is 0 Å². The first-order valence-corrected chi connectivity index (χ1v) is 6.91. The number of hydrogen-bond acceptors (Lipinski definition) is 4. The maximum absolute atomic E-state index is 11.0. The molecular weight excluding hydrogens is 214 g/mol. The van der Waals surface area contributed by atoms with Crippen LogP contribution in [0.1, 0.15) is 25.6 Å². The summed E-state index contributed by atoms with van der Waals surface area (Å²) in [5, 5.41) is 3.17. The van der Waals surface area contributed by atoms with Crippen molar-refractivity contribution in [1.29, 1.82) is 0 Å². The van der Waals surface area contributed by atoms with E-state index in [-0.39, 0.29) is 17.8 Å². The van der Waals surface area contributed by atoms with Gasteiger partial charge in [0.15, 0.2) is 0 Å². The van der Waals surface area contributed by atoms with Crippen LogP contribution >= 0.6 is 0 Å². The smallest absolute Gasteiger partial charge is 0.148 e. The number of furan rings is 1. The van der Waals surface area contributed by atoms with Gasteiger partial charge in [-0.1, -0.05) is 0 Å². The van der Waals surface area contributed by atoms with Crippen molar-refractivity contribution < 1.29 is 12.8 Å². The molecule has 0 aliphatic heterocycles. The third kappa shape index (κ3) is 4.48. The Morgan fingerprint density at radius 1 is 1.47 bits per heavy atom. The molecule has 1 N–H and O–H groups in total. The van der Waals surface area contributed by atoms with Gasteiger partial charge in [-0.25, -0.2) is 8.42 Å². The summed E-state index contributed by atoms with van der Waals surface area (Å²) in [7, 11) is -2.93. The summed E-state index contributed by atoms with van der Waals surface area (Å²) in [5.41, 5.74) is 0. The van der Waals surface area contributed by atoms with E-state index < -0.39 is 9.84 Å². The SMILES string of the molecule is CC(CS(C)(=O)=O)N[C@@H](C)c1ccco1. The Labute approximate surface area is 90.6 Å². The van der Waals surface area contributed by atoms with Crippen LogP contribution in [0, 0.1) is 0 Å². The average molecular weight is 231 g/mol. The van der Waals surface area contributed by atoms with E-state index >= 15 is 0 Å². The molecule has 0 fully saturated rings. The molecule has 1 rings (SSSR count). The summed E-state index contributed by atoms with van der Waals surface area (Å²) in [5.74, 6) is 0.952. The molecule has 1 aromatic rings. The predicted octanol–water partition coefficient (Wildman–Crippen LogP) is 1.36. The molecule has 0 spiro atoms. The standard InChI is InChI=1S/C10H17NO3S/c1-8(7-15(3,12)13)11-9(2)10-5-4-6-14-10/h4-6,8-9,11H,7H2,1-3H3/t8?,9-/m0/s1. The van der Waals surface area contributed by atoms with Crippen molar-refractivity contribution >= 4 is 9.84 Å². The zero-order chi connectivity index (χ0) is 11.5. The van der Waals surface area contributed by atoms with Gasteiger partial charge in [0, 0.05) is 12.3 Å². The highest BCUT2D eigenvalue weighted by Crippen LogP contribution is 2.13. The summed E-state index contributed by atoms with van der Waals surface area (Å²) >= 11 is 0. The fraction of sp³-hybridized carbons (Fsp3) is 0.600. The van der Waals surface area contributed by atoms with Crippen molar-refractivity contribution in [2.24, 2.45) is 0 Å². The molecule has 0 radical (unpaired) electrons. The van der Waals surface area contributed by atoms with Gasteiger partial charge in [-0.15, -0.1) is 0 Å². The second kappa shape index (κ2) is 4.81. The lowest BCUT2D eigenvalue weighted by atomic mass is 10.2. The van der Waals surface area contributed by atoms with Gasteiger partial charge in [0.25, 0.3) is 0 Å². The summed E-state index contributed by atoms with van der Waals surface area (Å²) in [6.07, 6.45) is 2.84. The minimum atomic E-state index is -2.93. The van der Waals surface area contributed by atoms with Crippen LogP contribution in [-0.4, -0.2) is 26.5 Å². The van der Waals surface area contributed by atoms with E-state index in [1.165, 1.54) is 6.26 Å². The lowest BCUT2D eigenvalue weighted by Crippen LogP contribution is -2.34. The Kier molecular flexibility index (Phi) is 3.93. The summed E-state index contributed by atoms with van der Waals surface area (Å²) in [4.78, 5) is 0. The topological polar surface area (TPSA) is 59.3 Å². The van der Waals surface area contributed by atoms with Crippen LogP contribution in [-0.2, 0) is 9.84 Å². The highest BCUT2D eigenvalue weighted by atomic mass is 32.2. The minimum Gasteiger partial charge on any atom is -0.468 e. The molecule has 0 aromatic carbocycles. The Morgan fingerprint density at radius 3 is 2.60 bits per heavy atom. The van der Waals surface area contributed by atoms with Crippen LogP contribution in [0.4, 0.5) is 0 Å². The normalized spacial score (nSPS) is 16.2. The Balaban J connectivity index is 2.49. The Hall–Kier alpha value is -0.810. The fourth-order valence-corrected chi connectivity index (χ4v) is 2.55. The molecule has 0 aliphatic carbocycles. The molecule has 0 amide bonds. The van der Waals surface area contributed by atoms with E-state index in [4.69, 9.17) is 4.42 Å². The van der Waals surface area contributed by atoms with E-state index in [1.807, 2.05) is 26.0 Å². The van der Waals surface area contributed by atoms with Gasteiger partial charge in [0.05, 0.1) is 18.1 Å². The van der Waals surface area contributed by atoms with E-state index in [0.717, 1.165) is 5.76 Å². The van der Waals surface area contributed by atoms with Gasteiger partial charge < -0.3 is 9.73 Å². The van der Waals surface area contributed by atoms with Crippen LogP contribution in [0.3, 0.4) is 0 Å². The molecule has 0 aliphatic rings. The molecule has 1 aromatic heterocycles. The predicted molar refractivity (Wildman–Crippen MR) is 59.4 cm³/mol. The van der Waals surface area contributed by atoms with Gasteiger partial charge in [-0.3, -0.25) is 0 Å². The Morgan fingerprint density at radius 2 is 2.13 bits per heavy atom. The lowest BCUT2D eigenvalue weighted by Gasteiger charge is -2.17. The summed E-state index contributed by atoms with van der Waals surface area (Å²) in [6.45, 7) is 3.79. The molecule has 5 heteroatoms. The molecule has 1 unspecified atom stereocenters. The molecule has 1 heterocycles. The van der Waals surface area contributed by atoms with Crippen molar-refractivity contribution in [3.8, 4) is 0 Å². The second-order valence-corrected chi connectivity index (χ2v) is 6.08. The van der Waals surface area contributed by atoms with E-state index in [0.29, 0.717) is 0 Å². The van der Waals surface area contributed by atoms with Crippen molar-refractivity contribution in [3.05, 3.63) is 24.2 Å². The molecule has 15 heavy (non-hydrogen) atoms. The van der Waals surface area contributed by atoms with Crippen LogP contribution in [0.5, 0.6) is 0 Å². The minimum absolute atomic E-state index is 0.0248. The lowest BCUT2D eigenvalue weighted by molar-refractivity contribution is 0.408. The van der Waals surface area contributed by atoms with Crippen molar-refractivity contribution in [1.82, 2.24) is 5.32 Å². The largest absolute Gasteiger partial charge is 0.468 e. The third-order valence-electron chi connectivity index (χ3n) is 2.06. The number of nitrogens with one attached hydrogen (secondary N) is 1. The van der Waals surface area contributed by atoms with E-state index in [2.05, 4.69) is 5.32 Å². The van der Waals surface area contributed by atoms with Crippen LogP contribution in [0.15, 0.2) is 22.8 Å². The van der Waals surface area contributed by atoms with Gasteiger partial charge in [-0.05, 0) is 26.0 Å². The first-order chi connectivity index (χ1) is 6.88. The first kappa shape index (κ1) is 12.3. The molecule has 0 saturated carbocycles. The zero-order valence-electron chi connectivity index (χ0n) is 9.23. The van der Waals surface area contributed by atoms with Gasteiger partial charge in [0.1, 0.15) is 15.6 Å². The van der Waals surface area contributed by atoms with Crippen molar-refractivity contribution in [2.75, 3.05) is 12.0 Å². The van der Waals surface area contributed by atoms with Crippen molar-refractivity contribution in [2.45, 2.75) is 25.9 Å². The number of hydrogen-bond donors (Lipinski definition) is 1. The maximum Gasteiger partial charge on any atom is 0.148 e. The molecule has 0 bridgehead atoms. The van der Waals surface area contributed by atoms with Crippen LogP contribution < -0.4 is 5.32 Å². The highest BCUT2D eigenvalue weighted by molar-refractivity contribution is 7.90. The highest BCUT2D eigenvalue weighted by Gasteiger charge is 2.15. The fourth-order valence-electron chi connectivity index (χ4n) is 1.55. The van der Waals surface area contributed by atoms with Crippen LogP contribution in [0.25, 0.3) is 0 Å². The van der Waals surface area contributed by atoms with Crippen LogP contribution in [0.2, 0.25) is 0 Å². The average Bonchev–Trinajstić information content (AvgIpc) is 2.50. The summed E-state index contributed by atoms with van der Waals surface area (Å²) in [6, 6.07) is 3.62. The molecular formula is C10H17NO3S. The zero-order valence-corrected chi connectivity index (χ0v) is 10.0. The molecule has 86 valence electrons.